The summed E-state index contributed by atoms with van der Waals surface area (Å²) in [5.74, 6) is 1.19. The lowest BCUT2D eigenvalue weighted by molar-refractivity contribution is 0.474. The van der Waals surface area contributed by atoms with Crippen LogP contribution in [0, 0.1) is 5.92 Å². The van der Waals surface area contributed by atoms with Crippen molar-refractivity contribution in [1.29, 1.82) is 0 Å². The molecule has 0 atom stereocenters. The summed E-state index contributed by atoms with van der Waals surface area (Å²) >= 11 is 0. The molecule has 0 saturated heterocycles. The van der Waals surface area contributed by atoms with E-state index in [0.29, 0.717) is 5.75 Å². The first-order chi connectivity index (χ1) is 8.68. The Morgan fingerprint density at radius 2 is 1.89 bits per heavy atom. The van der Waals surface area contributed by atoms with Crippen LogP contribution in [0.3, 0.4) is 0 Å². The molecule has 0 heterocycles. The third-order valence-electron chi connectivity index (χ3n) is 3.12. The zero-order valence-corrected chi connectivity index (χ0v) is 11.8. The van der Waals surface area contributed by atoms with Crippen molar-refractivity contribution in [2.45, 2.75) is 52.5 Å². The topological polar surface area (TPSA) is 32.3 Å². The predicted octanol–water partition coefficient (Wildman–Crippen LogP) is 4.09. The molecule has 0 aliphatic rings. The zero-order valence-electron chi connectivity index (χ0n) is 11.8. The lowest BCUT2D eigenvalue weighted by Crippen LogP contribution is -2.14. The highest BCUT2D eigenvalue weighted by atomic mass is 16.3. The van der Waals surface area contributed by atoms with Crippen LogP contribution in [0.15, 0.2) is 24.3 Å². The second-order valence-electron chi connectivity index (χ2n) is 5.44. The summed E-state index contributed by atoms with van der Waals surface area (Å²) in [6, 6.07) is 7.45. The molecular formula is C16H27NO. The minimum atomic E-state index is 0.350. The van der Waals surface area contributed by atoms with Gasteiger partial charge < -0.3 is 10.4 Å². The Hall–Kier alpha value is -1.02. The van der Waals surface area contributed by atoms with Crippen molar-refractivity contribution in [3.63, 3.8) is 0 Å². The van der Waals surface area contributed by atoms with E-state index in [1.54, 1.807) is 6.07 Å². The van der Waals surface area contributed by atoms with E-state index in [2.05, 4.69) is 19.2 Å². The van der Waals surface area contributed by atoms with Crippen LogP contribution in [0.5, 0.6) is 5.75 Å². The Kier molecular flexibility index (Phi) is 7.51. The number of aromatic hydroxyl groups is 1. The number of unbranched alkanes of at least 4 members (excludes halogenated alkanes) is 3. The molecule has 0 radical (unpaired) electrons. The molecule has 2 N–H and O–H groups in total. The Balaban J connectivity index is 1.96. The second-order valence-corrected chi connectivity index (χ2v) is 5.44. The lowest BCUT2D eigenvalue weighted by Gasteiger charge is -2.06. The average molecular weight is 249 g/mol. The first-order valence-electron chi connectivity index (χ1n) is 7.17. The maximum Gasteiger partial charge on any atom is 0.115 e. The van der Waals surface area contributed by atoms with Gasteiger partial charge in [-0.2, -0.15) is 0 Å². The third kappa shape index (κ3) is 7.33. The van der Waals surface area contributed by atoms with Crippen LogP contribution >= 0.6 is 0 Å². The minimum absolute atomic E-state index is 0.350. The number of benzene rings is 1. The monoisotopic (exact) mass is 249 g/mol. The molecule has 0 aromatic heterocycles. The molecule has 1 aromatic rings. The van der Waals surface area contributed by atoms with E-state index in [4.69, 9.17) is 0 Å². The van der Waals surface area contributed by atoms with Crippen molar-refractivity contribution in [2.75, 3.05) is 6.54 Å². The molecule has 0 aliphatic heterocycles. The van der Waals surface area contributed by atoms with Gasteiger partial charge in [0, 0.05) is 6.54 Å². The standard InChI is InChI=1S/C16H27NO/c1-14(2)8-5-3-4-6-11-17-13-15-9-7-10-16(18)12-15/h7,9-10,12,14,17-18H,3-6,8,11,13H2,1-2H3. The van der Waals surface area contributed by atoms with Crippen molar-refractivity contribution in [3.05, 3.63) is 29.8 Å². The molecule has 0 spiro atoms. The highest BCUT2D eigenvalue weighted by molar-refractivity contribution is 5.26. The normalized spacial score (nSPS) is 11.1. The largest absolute Gasteiger partial charge is 0.508 e. The van der Waals surface area contributed by atoms with E-state index in [9.17, 15) is 5.11 Å². The maximum atomic E-state index is 9.33. The fraction of sp³-hybridized carbons (Fsp3) is 0.625. The summed E-state index contributed by atoms with van der Waals surface area (Å²) in [5.41, 5.74) is 1.15. The van der Waals surface area contributed by atoms with Crippen LogP contribution in [0.1, 0.15) is 51.5 Å². The number of nitrogens with one attached hydrogen (secondary N) is 1. The van der Waals surface area contributed by atoms with E-state index in [1.807, 2.05) is 18.2 Å². The Bertz CT molecular complexity index is 323. The molecule has 0 amide bonds. The fourth-order valence-electron chi connectivity index (χ4n) is 2.06. The highest BCUT2D eigenvalue weighted by Crippen LogP contribution is 2.11. The molecule has 0 saturated carbocycles. The van der Waals surface area contributed by atoms with Crippen molar-refractivity contribution in [3.8, 4) is 5.75 Å². The summed E-state index contributed by atoms with van der Waals surface area (Å²) in [5, 5.41) is 12.7. The summed E-state index contributed by atoms with van der Waals surface area (Å²) in [4.78, 5) is 0. The molecule has 1 aromatic carbocycles. The molecule has 102 valence electrons. The van der Waals surface area contributed by atoms with Gasteiger partial charge in [0.15, 0.2) is 0 Å². The Labute approximate surface area is 111 Å². The quantitative estimate of drug-likeness (QED) is 0.646. The molecule has 0 aliphatic carbocycles. The molecular weight excluding hydrogens is 222 g/mol. The van der Waals surface area contributed by atoms with E-state index in [1.165, 1.54) is 32.1 Å². The van der Waals surface area contributed by atoms with Crippen LogP contribution < -0.4 is 5.32 Å². The number of phenols is 1. The van der Waals surface area contributed by atoms with Gasteiger partial charge in [0.1, 0.15) is 5.75 Å². The van der Waals surface area contributed by atoms with E-state index >= 15 is 0 Å². The first-order valence-corrected chi connectivity index (χ1v) is 7.17. The number of rotatable bonds is 9. The highest BCUT2D eigenvalue weighted by Gasteiger charge is 1.96. The van der Waals surface area contributed by atoms with Gasteiger partial charge in [-0.25, -0.2) is 0 Å². The van der Waals surface area contributed by atoms with Gasteiger partial charge in [-0.15, -0.1) is 0 Å². The van der Waals surface area contributed by atoms with Gasteiger partial charge in [-0.05, 0) is 36.6 Å². The Morgan fingerprint density at radius 1 is 1.11 bits per heavy atom. The SMILES string of the molecule is CC(C)CCCCCCNCc1cccc(O)c1. The predicted molar refractivity (Wildman–Crippen MR) is 77.7 cm³/mol. The summed E-state index contributed by atoms with van der Waals surface area (Å²) in [7, 11) is 0. The third-order valence-corrected chi connectivity index (χ3v) is 3.12. The van der Waals surface area contributed by atoms with E-state index in [-0.39, 0.29) is 0 Å². The molecule has 0 bridgehead atoms. The number of hydrogen-bond acceptors (Lipinski definition) is 2. The number of hydrogen-bond donors (Lipinski definition) is 2. The van der Waals surface area contributed by atoms with Gasteiger partial charge in [-0.3, -0.25) is 0 Å². The van der Waals surface area contributed by atoms with Gasteiger partial charge >= 0.3 is 0 Å². The lowest BCUT2D eigenvalue weighted by atomic mass is 10.0. The number of phenolic OH excluding ortho intramolecular Hbond substituents is 1. The van der Waals surface area contributed by atoms with Crippen molar-refractivity contribution >= 4 is 0 Å². The van der Waals surface area contributed by atoms with Gasteiger partial charge in [0.05, 0.1) is 0 Å². The summed E-state index contributed by atoms with van der Waals surface area (Å²) in [6.45, 7) is 6.49. The molecule has 0 unspecified atom stereocenters. The first kappa shape index (κ1) is 15.0. The molecule has 0 fully saturated rings. The maximum absolute atomic E-state index is 9.33. The molecule has 2 nitrogen and oxygen atoms in total. The van der Waals surface area contributed by atoms with Crippen LogP contribution in [0.25, 0.3) is 0 Å². The summed E-state index contributed by atoms with van der Waals surface area (Å²) < 4.78 is 0. The summed E-state index contributed by atoms with van der Waals surface area (Å²) in [6.07, 6.45) is 6.64. The van der Waals surface area contributed by atoms with Gasteiger partial charge in [0.2, 0.25) is 0 Å². The minimum Gasteiger partial charge on any atom is -0.508 e. The van der Waals surface area contributed by atoms with Gasteiger partial charge in [-0.1, -0.05) is 51.7 Å². The molecule has 2 heteroatoms. The zero-order chi connectivity index (χ0) is 13.2. The van der Waals surface area contributed by atoms with Crippen LogP contribution in [-0.2, 0) is 6.54 Å². The second kappa shape index (κ2) is 8.98. The van der Waals surface area contributed by atoms with Crippen molar-refractivity contribution in [1.82, 2.24) is 5.32 Å². The molecule has 18 heavy (non-hydrogen) atoms. The van der Waals surface area contributed by atoms with Crippen molar-refractivity contribution in [2.24, 2.45) is 5.92 Å². The average Bonchev–Trinajstić information content (AvgIpc) is 2.32. The fourth-order valence-corrected chi connectivity index (χ4v) is 2.06. The Morgan fingerprint density at radius 3 is 2.61 bits per heavy atom. The van der Waals surface area contributed by atoms with Crippen LogP contribution in [-0.4, -0.2) is 11.7 Å². The van der Waals surface area contributed by atoms with Crippen LogP contribution in [0.2, 0.25) is 0 Å². The smallest absolute Gasteiger partial charge is 0.115 e. The van der Waals surface area contributed by atoms with Gasteiger partial charge in [0.25, 0.3) is 0 Å². The molecule has 1 rings (SSSR count). The van der Waals surface area contributed by atoms with Crippen molar-refractivity contribution < 1.29 is 5.11 Å². The van der Waals surface area contributed by atoms with E-state index < -0.39 is 0 Å². The van der Waals surface area contributed by atoms with Crippen LogP contribution in [0.4, 0.5) is 0 Å². The van der Waals surface area contributed by atoms with E-state index in [0.717, 1.165) is 24.6 Å².